The van der Waals surface area contributed by atoms with Crippen molar-refractivity contribution >= 4 is 50.9 Å². The number of benzene rings is 2. The normalized spacial score (nSPS) is 17.6. The number of fused-ring (bicyclic) bond motifs is 1. The molecule has 1 aliphatic carbocycles. The number of carbonyl (C=O) groups is 3. The molecule has 4 rings (SSSR count). The molecule has 2 aromatic rings. The SMILES string of the molecule is CC[C@@H](C(=O)NC1CCCC1)N(Cc1ccc(Cl)cc1Cl)C(=O)CN1C(=O)c2ccccc2S1(=O)=O. The number of rotatable bonds is 8. The van der Waals surface area contributed by atoms with E-state index < -0.39 is 34.4 Å². The summed E-state index contributed by atoms with van der Waals surface area (Å²) in [6.45, 7) is 0.991. The van der Waals surface area contributed by atoms with Crippen LogP contribution in [0.25, 0.3) is 0 Å². The molecule has 1 atom stereocenters. The maximum atomic E-state index is 13.6. The van der Waals surface area contributed by atoms with E-state index in [1.807, 2.05) is 0 Å². The van der Waals surface area contributed by atoms with Crippen molar-refractivity contribution in [2.45, 2.75) is 62.6 Å². The third-order valence-electron chi connectivity index (χ3n) is 6.63. The minimum absolute atomic E-state index is 0.0172. The first-order valence-electron chi connectivity index (χ1n) is 11.8. The highest BCUT2D eigenvalue weighted by Crippen LogP contribution is 2.30. The Hall–Kier alpha value is -2.62. The van der Waals surface area contributed by atoms with Crippen LogP contribution in [0.4, 0.5) is 0 Å². The number of carbonyl (C=O) groups excluding carboxylic acids is 3. The van der Waals surface area contributed by atoms with Crippen molar-refractivity contribution in [1.82, 2.24) is 14.5 Å². The van der Waals surface area contributed by atoms with E-state index in [4.69, 9.17) is 23.2 Å². The zero-order valence-electron chi connectivity index (χ0n) is 19.7. The van der Waals surface area contributed by atoms with Gasteiger partial charge in [0.2, 0.25) is 11.8 Å². The first kappa shape index (κ1) is 26.4. The third-order valence-corrected chi connectivity index (χ3v) is 9.01. The van der Waals surface area contributed by atoms with Gasteiger partial charge in [0.1, 0.15) is 17.5 Å². The minimum Gasteiger partial charge on any atom is -0.352 e. The fourth-order valence-corrected chi connectivity index (χ4v) is 6.71. The number of hydrogen-bond acceptors (Lipinski definition) is 5. The zero-order valence-corrected chi connectivity index (χ0v) is 22.1. The Kier molecular flexibility index (Phi) is 7.92. The van der Waals surface area contributed by atoms with Gasteiger partial charge in [0.15, 0.2) is 0 Å². The number of hydrogen-bond donors (Lipinski definition) is 1. The summed E-state index contributed by atoms with van der Waals surface area (Å²) in [7, 11) is -4.19. The predicted molar refractivity (Wildman–Crippen MR) is 136 cm³/mol. The second-order valence-corrected chi connectivity index (χ2v) is 11.7. The molecule has 11 heteroatoms. The molecular formula is C25H27Cl2N3O5S. The lowest BCUT2D eigenvalue weighted by Gasteiger charge is -2.32. The predicted octanol–water partition coefficient (Wildman–Crippen LogP) is 4.00. The molecule has 3 amide bonds. The van der Waals surface area contributed by atoms with Gasteiger partial charge < -0.3 is 10.2 Å². The van der Waals surface area contributed by atoms with Crippen LogP contribution in [-0.2, 0) is 26.2 Å². The molecule has 0 unspecified atom stereocenters. The molecule has 1 fully saturated rings. The van der Waals surface area contributed by atoms with E-state index in [1.165, 1.54) is 29.2 Å². The Morgan fingerprint density at radius 2 is 1.83 bits per heavy atom. The van der Waals surface area contributed by atoms with Crippen molar-refractivity contribution in [3.05, 3.63) is 63.6 Å². The molecule has 192 valence electrons. The average Bonchev–Trinajstić information content (AvgIpc) is 3.41. The van der Waals surface area contributed by atoms with Gasteiger partial charge in [-0.05, 0) is 49.1 Å². The van der Waals surface area contributed by atoms with Crippen LogP contribution in [0.1, 0.15) is 54.9 Å². The molecule has 0 bridgehead atoms. The van der Waals surface area contributed by atoms with Gasteiger partial charge in [0.05, 0.1) is 5.56 Å². The highest BCUT2D eigenvalue weighted by Gasteiger charge is 2.43. The standard InChI is InChI=1S/C25H27Cl2N3O5S/c1-2-21(24(32)28-18-7-3-4-8-18)29(14-16-11-12-17(26)13-20(16)27)23(31)15-30-25(33)19-9-5-6-10-22(19)36(30,34)35/h5-6,9-13,18,21H,2-4,7-8,14-15H2,1H3,(H,28,32)/t21-/m0/s1. The second kappa shape index (κ2) is 10.8. The third kappa shape index (κ3) is 5.23. The van der Waals surface area contributed by atoms with Crippen molar-refractivity contribution in [3.8, 4) is 0 Å². The van der Waals surface area contributed by atoms with Crippen LogP contribution in [0.3, 0.4) is 0 Å². The van der Waals surface area contributed by atoms with Crippen LogP contribution < -0.4 is 5.32 Å². The summed E-state index contributed by atoms with van der Waals surface area (Å²) in [5.74, 6) is -1.77. The Labute approximate surface area is 220 Å². The Morgan fingerprint density at radius 1 is 1.14 bits per heavy atom. The van der Waals surface area contributed by atoms with E-state index in [0.29, 0.717) is 19.9 Å². The summed E-state index contributed by atoms with van der Waals surface area (Å²) in [6, 6.07) is 9.79. The van der Waals surface area contributed by atoms with Crippen LogP contribution in [0, 0.1) is 0 Å². The van der Waals surface area contributed by atoms with Gasteiger partial charge in [0.25, 0.3) is 15.9 Å². The van der Waals surface area contributed by atoms with Gasteiger partial charge in [-0.3, -0.25) is 14.4 Å². The molecule has 1 saturated carbocycles. The first-order chi connectivity index (χ1) is 17.1. The van der Waals surface area contributed by atoms with E-state index in [0.717, 1.165) is 25.7 Å². The molecule has 2 aromatic carbocycles. The van der Waals surface area contributed by atoms with Crippen LogP contribution in [0.2, 0.25) is 10.0 Å². The molecule has 0 saturated heterocycles. The number of nitrogens with one attached hydrogen (secondary N) is 1. The van der Waals surface area contributed by atoms with Gasteiger partial charge in [0, 0.05) is 22.6 Å². The molecule has 8 nitrogen and oxygen atoms in total. The quantitative estimate of drug-likeness (QED) is 0.533. The van der Waals surface area contributed by atoms with E-state index in [-0.39, 0.29) is 35.4 Å². The molecular weight excluding hydrogens is 525 g/mol. The van der Waals surface area contributed by atoms with Crippen molar-refractivity contribution in [1.29, 1.82) is 0 Å². The van der Waals surface area contributed by atoms with Gasteiger partial charge in [-0.1, -0.05) is 61.2 Å². The van der Waals surface area contributed by atoms with E-state index >= 15 is 0 Å². The number of sulfonamides is 1. The Morgan fingerprint density at radius 3 is 2.47 bits per heavy atom. The largest absolute Gasteiger partial charge is 0.352 e. The Balaban J connectivity index is 1.63. The second-order valence-electron chi connectivity index (χ2n) is 8.98. The van der Waals surface area contributed by atoms with E-state index in [1.54, 1.807) is 25.1 Å². The summed E-state index contributed by atoms with van der Waals surface area (Å²) in [5.41, 5.74) is 0.559. The average molecular weight is 552 g/mol. The summed E-state index contributed by atoms with van der Waals surface area (Å²) in [4.78, 5) is 40.9. The topological polar surface area (TPSA) is 104 Å². The van der Waals surface area contributed by atoms with Gasteiger partial charge in [-0.25, -0.2) is 12.7 Å². The zero-order chi connectivity index (χ0) is 26.0. The van der Waals surface area contributed by atoms with Gasteiger partial charge >= 0.3 is 0 Å². The lowest BCUT2D eigenvalue weighted by atomic mass is 10.1. The monoisotopic (exact) mass is 551 g/mol. The molecule has 36 heavy (non-hydrogen) atoms. The van der Waals surface area contributed by atoms with Crippen molar-refractivity contribution < 1.29 is 22.8 Å². The lowest BCUT2D eigenvalue weighted by Crippen LogP contribution is -2.53. The maximum Gasteiger partial charge on any atom is 0.269 e. The summed E-state index contributed by atoms with van der Waals surface area (Å²) < 4.78 is 26.6. The summed E-state index contributed by atoms with van der Waals surface area (Å²) in [6.07, 6.45) is 4.09. The van der Waals surface area contributed by atoms with Crippen molar-refractivity contribution in [2.24, 2.45) is 0 Å². The van der Waals surface area contributed by atoms with Crippen LogP contribution in [0.5, 0.6) is 0 Å². The van der Waals surface area contributed by atoms with Crippen LogP contribution in [-0.4, -0.2) is 54.0 Å². The molecule has 0 aromatic heterocycles. The minimum atomic E-state index is -4.19. The fraction of sp³-hybridized carbons (Fsp3) is 0.400. The van der Waals surface area contributed by atoms with Gasteiger partial charge in [-0.15, -0.1) is 0 Å². The van der Waals surface area contributed by atoms with Crippen molar-refractivity contribution in [2.75, 3.05) is 6.54 Å². The fourth-order valence-electron chi connectivity index (χ4n) is 4.72. The van der Waals surface area contributed by atoms with E-state index in [2.05, 4.69) is 5.32 Å². The summed E-state index contributed by atoms with van der Waals surface area (Å²) in [5, 5.41) is 3.75. The number of amides is 3. The van der Waals surface area contributed by atoms with Crippen LogP contribution in [0.15, 0.2) is 47.4 Å². The molecule has 0 radical (unpaired) electrons. The van der Waals surface area contributed by atoms with Gasteiger partial charge in [-0.2, -0.15) is 0 Å². The van der Waals surface area contributed by atoms with Crippen molar-refractivity contribution in [3.63, 3.8) is 0 Å². The molecule has 1 heterocycles. The lowest BCUT2D eigenvalue weighted by molar-refractivity contribution is -0.141. The molecule has 2 aliphatic rings. The van der Waals surface area contributed by atoms with E-state index in [9.17, 15) is 22.8 Å². The van der Waals surface area contributed by atoms with Crippen LogP contribution >= 0.6 is 23.2 Å². The number of halogens is 2. The summed E-state index contributed by atoms with van der Waals surface area (Å²) >= 11 is 12.4. The first-order valence-corrected chi connectivity index (χ1v) is 14.0. The maximum absolute atomic E-state index is 13.6. The number of nitrogens with zero attached hydrogens (tertiary/aromatic N) is 2. The Bertz CT molecular complexity index is 1290. The molecule has 1 aliphatic heterocycles. The smallest absolute Gasteiger partial charge is 0.269 e. The highest BCUT2D eigenvalue weighted by atomic mass is 35.5. The molecule has 0 spiro atoms. The molecule has 1 N–H and O–H groups in total. The highest BCUT2D eigenvalue weighted by molar-refractivity contribution is 7.90.